The molecule has 1 aromatic heterocycles. The third-order valence-corrected chi connectivity index (χ3v) is 7.45. The number of nitrogens with zero attached hydrogens (tertiary/aromatic N) is 4. The van der Waals surface area contributed by atoms with Gasteiger partial charge in [-0.25, -0.2) is 8.42 Å². The fourth-order valence-electron chi connectivity index (χ4n) is 3.95. The van der Waals surface area contributed by atoms with Crippen molar-refractivity contribution < 1.29 is 27.5 Å². The number of pyridine rings is 1. The maximum atomic E-state index is 12.7. The van der Waals surface area contributed by atoms with E-state index in [1.54, 1.807) is 12.3 Å². The normalized spacial score (nSPS) is 18.2. The molecule has 33 heavy (non-hydrogen) atoms. The molecule has 0 aliphatic carbocycles. The highest BCUT2D eigenvalue weighted by molar-refractivity contribution is 7.89. The summed E-state index contributed by atoms with van der Waals surface area (Å²) >= 11 is 0. The van der Waals surface area contributed by atoms with E-state index < -0.39 is 10.0 Å². The molecule has 4 rings (SSSR count). The molecule has 2 aromatic rings. The van der Waals surface area contributed by atoms with E-state index in [0.717, 1.165) is 16.6 Å². The van der Waals surface area contributed by atoms with E-state index in [2.05, 4.69) is 4.98 Å². The number of hydrogen-bond acceptors (Lipinski definition) is 8. The van der Waals surface area contributed by atoms with Crippen molar-refractivity contribution in [3.63, 3.8) is 0 Å². The molecule has 1 amide bonds. The van der Waals surface area contributed by atoms with E-state index in [9.17, 15) is 13.2 Å². The van der Waals surface area contributed by atoms with Crippen LogP contribution in [0.3, 0.4) is 0 Å². The van der Waals surface area contributed by atoms with Crippen molar-refractivity contribution in [3.05, 3.63) is 36.7 Å². The first-order valence-corrected chi connectivity index (χ1v) is 12.2. The zero-order chi connectivity index (χ0) is 23.6. The van der Waals surface area contributed by atoms with Gasteiger partial charge < -0.3 is 19.3 Å². The molecule has 1 unspecified atom stereocenters. The number of ether oxygens (including phenoxy) is 2. The second-order valence-corrected chi connectivity index (χ2v) is 9.76. The molecule has 0 radical (unpaired) electrons. The average Bonchev–Trinajstić information content (AvgIpc) is 3.31. The van der Waals surface area contributed by atoms with E-state index in [1.807, 2.05) is 34.9 Å². The number of rotatable bonds is 7. The first-order chi connectivity index (χ1) is 15.8. The third kappa shape index (κ3) is 4.75. The molecule has 0 saturated carbocycles. The summed E-state index contributed by atoms with van der Waals surface area (Å²) in [6.45, 7) is 4.08. The minimum Gasteiger partial charge on any atom is -0.490 e. The van der Waals surface area contributed by atoms with E-state index in [1.165, 1.54) is 20.4 Å². The lowest BCUT2D eigenvalue weighted by atomic mass is 10.2. The maximum Gasteiger partial charge on any atom is 0.266 e. The summed E-state index contributed by atoms with van der Waals surface area (Å²) in [5.74, 6) is 1.47. The van der Waals surface area contributed by atoms with Crippen molar-refractivity contribution in [3.8, 4) is 11.5 Å². The van der Waals surface area contributed by atoms with Crippen molar-refractivity contribution >= 4 is 27.3 Å². The highest BCUT2D eigenvalue weighted by Gasteiger charge is 2.28. The second-order valence-electron chi connectivity index (χ2n) is 7.83. The molecular weight excluding hydrogens is 448 g/mol. The minimum atomic E-state index is -3.83. The van der Waals surface area contributed by atoms with Crippen LogP contribution < -0.4 is 14.4 Å². The quantitative estimate of drug-likeness (QED) is 0.561. The molecule has 0 bridgehead atoms. The number of aromatic nitrogens is 1. The Morgan fingerprint density at radius 1 is 1.27 bits per heavy atom. The van der Waals surface area contributed by atoms with E-state index in [0.29, 0.717) is 49.8 Å². The fourth-order valence-corrected chi connectivity index (χ4v) is 4.91. The Morgan fingerprint density at radius 2 is 2.09 bits per heavy atom. The van der Waals surface area contributed by atoms with Crippen molar-refractivity contribution in [2.75, 3.05) is 45.3 Å². The molecule has 1 fully saturated rings. The molecule has 1 saturated heterocycles. The molecule has 1 aromatic carbocycles. The predicted molar refractivity (Wildman–Crippen MR) is 121 cm³/mol. The van der Waals surface area contributed by atoms with Gasteiger partial charge in [0.05, 0.1) is 37.8 Å². The molecular formula is C22H28N4O6S. The minimum absolute atomic E-state index is 0.0245. The SMILES string of the molecule is CCC(=O)N1CCC(Oc2ccc3c(c2)N(c2cncc(S(=O)(=O)N(C)OC)c2)CCO3)C1. The molecule has 2 aliphatic rings. The van der Waals surface area contributed by atoms with E-state index >= 15 is 0 Å². The summed E-state index contributed by atoms with van der Waals surface area (Å²) in [6.07, 6.45) is 4.09. The number of likely N-dealkylation sites (tertiary alicyclic amines) is 1. The zero-order valence-electron chi connectivity index (χ0n) is 18.9. The van der Waals surface area contributed by atoms with Gasteiger partial charge in [-0.3, -0.25) is 14.6 Å². The van der Waals surface area contributed by atoms with Crippen LogP contribution in [0.5, 0.6) is 11.5 Å². The number of hydroxylamine groups is 1. The van der Waals surface area contributed by atoms with Crippen LogP contribution in [0, 0.1) is 0 Å². The van der Waals surface area contributed by atoms with E-state index in [4.69, 9.17) is 14.3 Å². The van der Waals surface area contributed by atoms with Gasteiger partial charge in [0.15, 0.2) is 0 Å². The van der Waals surface area contributed by atoms with Gasteiger partial charge in [0, 0.05) is 38.7 Å². The third-order valence-electron chi connectivity index (χ3n) is 5.80. The summed E-state index contributed by atoms with van der Waals surface area (Å²) in [5.41, 5.74) is 1.37. The van der Waals surface area contributed by atoms with Crippen LogP contribution in [0.1, 0.15) is 19.8 Å². The number of benzene rings is 1. The highest BCUT2D eigenvalue weighted by atomic mass is 32.2. The summed E-state index contributed by atoms with van der Waals surface area (Å²) in [7, 11) is -1.22. The number of sulfonamides is 1. The Kier molecular flexibility index (Phi) is 6.73. The number of carbonyl (C=O) groups excluding carboxylic acids is 1. The van der Waals surface area contributed by atoms with E-state index in [-0.39, 0.29) is 16.9 Å². The first kappa shape index (κ1) is 23.3. The monoisotopic (exact) mass is 476 g/mol. The van der Waals surface area contributed by atoms with Crippen LogP contribution in [0.4, 0.5) is 11.4 Å². The Balaban J connectivity index is 1.58. The Hall–Kier alpha value is -2.89. The molecule has 11 heteroatoms. The first-order valence-electron chi connectivity index (χ1n) is 10.8. The number of anilines is 2. The van der Waals surface area contributed by atoms with Crippen molar-refractivity contribution in [1.29, 1.82) is 0 Å². The molecule has 2 aliphatic heterocycles. The van der Waals surface area contributed by atoms with Gasteiger partial charge in [-0.1, -0.05) is 11.4 Å². The van der Waals surface area contributed by atoms with Gasteiger partial charge in [0.1, 0.15) is 29.1 Å². The zero-order valence-corrected chi connectivity index (χ0v) is 19.7. The largest absolute Gasteiger partial charge is 0.490 e. The number of hydrogen-bond donors (Lipinski definition) is 0. The number of carbonyl (C=O) groups is 1. The lowest BCUT2D eigenvalue weighted by Crippen LogP contribution is -2.30. The smallest absolute Gasteiger partial charge is 0.266 e. The average molecular weight is 477 g/mol. The highest BCUT2D eigenvalue weighted by Crippen LogP contribution is 2.40. The van der Waals surface area contributed by atoms with Gasteiger partial charge in [-0.2, -0.15) is 0 Å². The van der Waals surface area contributed by atoms with Gasteiger partial charge in [-0.05, 0) is 18.2 Å². The van der Waals surface area contributed by atoms with Crippen LogP contribution in [0.2, 0.25) is 0 Å². The summed E-state index contributed by atoms with van der Waals surface area (Å²) < 4.78 is 38.1. The van der Waals surface area contributed by atoms with Gasteiger partial charge in [-0.15, -0.1) is 0 Å². The molecule has 10 nitrogen and oxygen atoms in total. The Bertz CT molecular complexity index is 1130. The van der Waals surface area contributed by atoms with Crippen molar-refractivity contribution in [2.24, 2.45) is 0 Å². The molecule has 0 N–H and O–H groups in total. The topological polar surface area (TPSA) is 102 Å². The Labute approximate surface area is 193 Å². The second kappa shape index (κ2) is 9.54. The summed E-state index contributed by atoms with van der Waals surface area (Å²) in [6, 6.07) is 7.12. The van der Waals surface area contributed by atoms with Gasteiger partial charge >= 0.3 is 0 Å². The standard InChI is InChI=1S/C22H28N4O6S/c1-4-22(27)25-8-7-18(15-25)32-17-5-6-21-20(12-17)26(9-10-31-21)16-11-19(14-23-13-16)33(28,29)24(2)30-3/h5-6,11-14,18H,4,7-10,15H2,1-3H3. The molecule has 3 heterocycles. The fraction of sp³-hybridized carbons (Fsp3) is 0.455. The number of amides is 1. The van der Waals surface area contributed by atoms with Crippen LogP contribution >= 0.6 is 0 Å². The van der Waals surface area contributed by atoms with Gasteiger partial charge in [0.25, 0.3) is 10.0 Å². The lowest BCUT2D eigenvalue weighted by Gasteiger charge is -2.32. The van der Waals surface area contributed by atoms with Crippen molar-refractivity contribution in [2.45, 2.75) is 30.8 Å². The lowest BCUT2D eigenvalue weighted by molar-refractivity contribution is -0.130. The van der Waals surface area contributed by atoms with Crippen molar-refractivity contribution in [1.82, 2.24) is 14.4 Å². The Morgan fingerprint density at radius 3 is 2.85 bits per heavy atom. The summed E-state index contributed by atoms with van der Waals surface area (Å²) in [5, 5.41) is 0. The van der Waals surface area contributed by atoms with Crippen LogP contribution in [0.25, 0.3) is 0 Å². The molecule has 178 valence electrons. The number of fused-ring (bicyclic) bond motifs is 1. The molecule has 0 spiro atoms. The van der Waals surface area contributed by atoms with Crippen LogP contribution in [0.15, 0.2) is 41.6 Å². The maximum absolute atomic E-state index is 12.7. The summed E-state index contributed by atoms with van der Waals surface area (Å²) in [4.78, 5) is 24.8. The van der Waals surface area contributed by atoms with Crippen LogP contribution in [-0.4, -0.2) is 75.2 Å². The molecule has 1 atom stereocenters. The van der Waals surface area contributed by atoms with Gasteiger partial charge in [0.2, 0.25) is 5.91 Å². The predicted octanol–water partition coefficient (Wildman–Crippen LogP) is 2.18. The van der Waals surface area contributed by atoms with Crippen LogP contribution in [-0.2, 0) is 19.7 Å².